The van der Waals surface area contributed by atoms with E-state index in [1.165, 1.54) is 4.88 Å². The van der Waals surface area contributed by atoms with Crippen LogP contribution >= 0.6 is 23.6 Å². The SMILES string of the molecule is S=c1nccc(C=Cc2cccs2)[nH]1. The predicted octanol–water partition coefficient (Wildman–Crippen LogP) is 3.37. The lowest BCUT2D eigenvalue weighted by Gasteiger charge is -1.91. The molecule has 2 aromatic rings. The van der Waals surface area contributed by atoms with Gasteiger partial charge >= 0.3 is 0 Å². The van der Waals surface area contributed by atoms with Gasteiger partial charge in [-0.2, -0.15) is 0 Å². The molecule has 0 saturated heterocycles. The average molecular weight is 220 g/mol. The van der Waals surface area contributed by atoms with Crippen LogP contribution in [0.2, 0.25) is 0 Å². The number of aromatic nitrogens is 2. The normalized spacial score (nSPS) is 10.9. The minimum absolute atomic E-state index is 0.512. The zero-order valence-corrected chi connectivity index (χ0v) is 8.94. The van der Waals surface area contributed by atoms with E-state index in [0.29, 0.717) is 4.77 Å². The summed E-state index contributed by atoms with van der Waals surface area (Å²) in [6, 6.07) is 5.98. The molecule has 0 saturated carbocycles. The maximum atomic E-state index is 4.92. The first-order chi connectivity index (χ1) is 6.84. The topological polar surface area (TPSA) is 28.7 Å². The summed E-state index contributed by atoms with van der Waals surface area (Å²) in [6.45, 7) is 0. The van der Waals surface area contributed by atoms with E-state index in [0.717, 1.165) is 5.69 Å². The van der Waals surface area contributed by atoms with E-state index >= 15 is 0 Å². The Kier molecular flexibility index (Phi) is 2.86. The van der Waals surface area contributed by atoms with Crippen LogP contribution in [0.5, 0.6) is 0 Å². The van der Waals surface area contributed by atoms with E-state index in [-0.39, 0.29) is 0 Å². The standard InChI is InChI=1S/C10H8N2S2/c13-10-11-6-5-8(12-10)3-4-9-2-1-7-14-9/h1-7H,(H,11,12,13). The molecule has 0 aliphatic carbocycles. The average Bonchev–Trinajstić information content (AvgIpc) is 2.67. The molecule has 0 aliphatic rings. The third-order valence-corrected chi connectivity index (χ3v) is 2.71. The van der Waals surface area contributed by atoms with E-state index in [9.17, 15) is 0 Å². The van der Waals surface area contributed by atoms with Gasteiger partial charge in [0, 0.05) is 16.8 Å². The van der Waals surface area contributed by atoms with Crippen molar-refractivity contribution >= 4 is 35.7 Å². The number of thiophene rings is 1. The molecule has 0 unspecified atom stereocenters. The third kappa shape index (κ3) is 2.37. The Morgan fingerprint density at radius 1 is 1.36 bits per heavy atom. The monoisotopic (exact) mass is 220 g/mol. The molecule has 1 N–H and O–H groups in total. The molecule has 0 atom stereocenters. The highest BCUT2D eigenvalue weighted by Gasteiger charge is 1.87. The highest BCUT2D eigenvalue weighted by Crippen LogP contribution is 2.11. The molecule has 4 heteroatoms. The molecule has 2 rings (SSSR count). The summed E-state index contributed by atoms with van der Waals surface area (Å²) in [4.78, 5) is 8.13. The van der Waals surface area contributed by atoms with Gasteiger partial charge in [-0.25, -0.2) is 4.98 Å². The van der Waals surface area contributed by atoms with Gasteiger partial charge in [0.2, 0.25) is 0 Å². The first-order valence-electron chi connectivity index (χ1n) is 4.11. The molecule has 2 heterocycles. The number of H-pyrrole nitrogens is 1. The second-order valence-corrected chi connectivity index (χ2v) is 4.05. The van der Waals surface area contributed by atoms with Crippen LogP contribution in [0.3, 0.4) is 0 Å². The van der Waals surface area contributed by atoms with Gasteiger partial charge in [0.1, 0.15) is 0 Å². The fraction of sp³-hybridized carbons (Fsp3) is 0. The van der Waals surface area contributed by atoms with Gasteiger partial charge in [-0.1, -0.05) is 6.07 Å². The first-order valence-corrected chi connectivity index (χ1v) is 5.40. The Balaban J connectivity index is 2.23. The minimum atomic E-state index is 0.512. The van der Waals surface area contributed by atoms with Gasteiger partial charge in [0.05, 0.1) is 0 Å². The third-order valence-electron chi connectivity index (χ3n) is 1.67. The number of nitrogens with one attached hydrogen (secondary N) is 1. The van der Waals surface area contributed by atoms with Gasteiger partial charge in [0.25, 0.3) is 0 Å². The maximum Gasteiger partial charge on any atom is 0.197 e. The molecular weight excluding hydrogens is 212 g/mol. The van der Waals surface area contributed by atoms with Crippen molar-refractivity contribution in [3.63, 3.8) is 0 Å². The fourth-order valence-corrected chi connectivity index (χ4v) is 1.83. The van der Waals surface area contributed by atoms with Crippen molar-refractivity contribution in [1.82, 2.24) is 9.97 Å². The maximum absolute atomic E-state index is 4.92. The van der Waals surface area contributed by atoms with Crippen LogP contribution in [-0.2, 0) is 0 Å². The number of hydrogen-bond acceptors (Lipinski definition) is 3. The molecule has 0 radical (unpaired) electrons. The lowest BCUT2D eigenvalue weighted by molar-refractivity contribution is 1.12. The summed E-state index contributed by atoms with van der Waals surface area (Å²) in [7, 11) is 0. The Labute approximate surface area is 91.0 Å². The van der Waals surface area contributed by atoms with Crippen molar-refractivity contribution < 1.29 is 0 Å². The number of rotatable bonds is 2. The van der Waals surface area contributed by atoms with Crippen LogP contribution in [-0.4, -0.2) is 9.97 Å². The van der Waals surface area contributed by atoms with Crippen LogP contribution in [0.15, 0.2) is 29.8 Å². The predicted molar refractivity (Wildman–Crippen MR) is 62.7 cm³/mol. The second-order valence-electron chi connectivity index (χ2n) is 2.68. The van der Waals surface area contributed by atoms with Crippen molar-refractivity contribution in [3.05, 3.63) is 45.1 Å². The zero-order valence-electron chi connectivity index (χ0n) is 7.31. The largest absolute Gasteiger partial charge is 0.331 e. The summed E-state index contributed by atoms with van der Waals surface area (Å²) >= 11 is 6.62. The lowest BCUT2D eigenvalue weighted by Crippen LogP contribution is -1.82. The molecule has 70 valence electrons. The van der Waals surface area contributed by atoms with Crippen LogP contribution in [0.25, 0.3) is 12.2 Å². The molecular formula is C10H8N2S2. The smallest absolute Gasteiger partial charge is 0.197 e. The first kappa shape index (κ1) is 9.30. The minimum Gasteiger partial charge on any atom is -0.331 e. The van der Waals surface area contributed by atoms with Gasteiger partial charge in [0.15, 0.2) is 4.77 Å². The van der Waals surface area contributed by atoms with Crippen molar-refractivity contribution in [2.75, 3.05) is 0 Å². The quantitative estimate of drug-likeness (QED) is 0.786. The summed E-state index contributed by atoms with van der Waals surface area (Å²) in [5.74, 6) is 0. The molecule has 0 aliphatic heterocycles. The van der Waals surface area contributed by atoms with Crippen molar-refractivity contribution in [3.8, 4) is 0 Å². The summed E-state index contributed by atoms with van der Waals surface area (Å²) in [5.41, 5.74) is 0.971. The van der Waals surface area contributed by atoms with Gasteiger partial charge in [-0.05, 0) is 41.9 Å². The second kappa shape index (κ2) is 4.30. The van der Waals surface area contributed by atoms with E-state index in [1.807, 2.05) is 24.3 Å². The Hall–Kier alpha value is -1.26. The molecule has 2 nitrogen and oxygen atoms in total. The summed E-state index contributed by atoms with van der Waals surface area (Å²) in [5, 5.41) is 2.05. The van der Waals surface area contributed by atoms with Crippen molar-refractivity contribution in [2.45, 2.75) is 0 Å². The summed E-state index contributed by atoms with van der Waals surface area (Å²) in [6.07, 6.45) is 5.74. The van der Waals surface area contributed by atoms with Gasteiger partial charge in [-0.15, -0.1) is 11.3 Å². The van der Waals surface area contributed by atoms with E-state index < -0.39 is 0 Å². The highest BCUT2D eigenvalue weighted by atomic mass is 32.1. The van der Waals surface area contributed by atoms with E-state index in [2.05, 4.69) is 21.4 Å². The fourth-order valence-electron chi connectivity index (χ4n) is 1.04. The van der Waals surface area contributed by atoms with Crippen LogP contribution in [0.1, 0.15) is 10.6 Å². The van der Waals surface area contributed by atoms with Crippen molar-refractivity contribution in [1.29, 1.82) is 0 Å². The Bertz CT molecular complexity index is 483. The molecule has 2 aromatic heterocycles. The van der Waals surface area contributed by atoms with Crippen molar-refractivity contribution in [2.24, 2.45) is 0 Å². The van der Waals surface area contributed by atoms with Gasteiger partial charge in [-0.3, -0.25) is 0 Å². The molecule has 0 amide bonds. The van der Waals surface area contributed by atoms with E-state index in [1.54, 1.807) is 17.5 Å². The summed E-state index contributed by atoms with van der Waals surface area (Å²) < 4.78 is 0.512. The molecule has 0 bridgehead atoms. The number of hydrogen-bond donors (Lipinski definition) is 1. The zero-order chi connectivity index (χ0) is 9.80. The molecule has 0 aromatic carbocycles. The number of aromatic amines is 1. The van der Waals surface area contributed by atoms with Gasteiger partial charge < -0.3 is 4.98 Å². The molecule has 0 spiro atoms. The molecule has 0 fully saturated rings. The molecule has 14 heavy (non-hydrogen) atoms. The van der Waals surface area contributed by atoms with Crippen LogP contribution in [0.4, 0.5) is 0 Å². The highest BCUT2D eigenvalue weighted by molar-refractivity contribution is 7.71. The lowest BCUT2D eigenvalue weighted by atomic mass is 10.3. The Morgan fingerprint density at radius 3 is 3.00 bits per heavy atom. The van der Waals surface area contributed by atoms with Crippen LogP contribution < -0.4 is 0 Å². The Morgan fingerprint density at radius 2 is 2.29 bits per heavy atom. The number of nitrogens with zero attached hydrogens (tertiary/aromatic N) is 1. The van der Waals surface area contributed by atoms with Crippen LogP contribution in [0, 0.1) is 4.77 Å². The van der Waals surface area contributed by atoms with E-state index in [4.69, 9.17) is 12.2 Å².